The van der Waals surface area contributed by atoms with Crippen molar-refractivity contribution in [3.05, 3.63) is 77.6 Å². The average Bonchev–Trinajstić information content (AvgIpc) is 3.28. The fourth-order valence-corrected chi connectivity index (χ4v) is 4.46. The van der Waals surface area contributed by atoms with Gasteiger partial charge in [0.1, 0.15) is 13.2 Å². The lowest BCUT2D eigenvalue weighted by atomic mass is 10.1. The van der Waals surface area contributed by atoms with Gasteiger partial charge >= 0.3 is 5.97 Å². The molecule has 33 heavy (non-hydrogen) atoms. The molecule has 4 aromatic rings. The molecule has 8 nitrogen and oxygen atoms in total. The third-order valence-corrected chi connectivity index (χ3v) is 6.17. The van der Waals surface area contributed by atoms with Crippen molar-refractivity contribution in [2.75, 3.05) is 25.2 Å². The summed E-state index contributed by atoms with van der Waals surface area (Å²) in [6.45, 7) is 1.28. The molecule has 1 amide bonds. The molecule has 0 radical (unpaired) electrons. The van der Waals surface area contributed by atoms with E-state index in [1.165, 1.54) is 18.4 Å². The fourth-order valence-electron chi connectivity index (χ4n) is 3.49. The van der Waals surface area contributed by atoms with E-state index < -0.39 is 5.97 Å². The van der Waals surface area contributed by atoms with Gasteiger partial charge in [0, 0.05) is 30.1 Å². The molecule has 0 unspecified atom stereocenters. The van der Waals surface area contributed by atoms with Gasteiger partial charge in [0.15, 0.2) is 16.6 Å². The zero-order chi connectivity index (χ0) is 22.8. The molecule has 3 heterocycles. The minimum Gasteiger partial charge on any atom is -0.486 e. The summed E-state index contributed by atoms with van der Waals surface area (Å²) in [5, 5.41) is 0.540. The number of methoxy groups -OCH3 is 1. The second-order valence-electron chi connectivity index (χ2n) is 7.28. The molecular formula is C24H19N3O5S. The molecule has 0 saturated carbocycles. The zero-order valence-electron chi connectivity index (χ0n) is 17.7. The Morgan fingerprint density at radius 1 is 1.06 bits per heavy atom. The van der Waals surface area contributed by atoms with Crippen LogP contribution in [0.5, 0.6) is 11.5 Å². The van der Waals surface area contributed by atoms with Crippen LogP contribution in [0, 0.1) is 0 Å². The first-order valence-electron chi connectivity index (χ1n) is 10.2. The highest BCUT2D eigenvalue weighted by Crippen LogP contribution is 2.39. The summed E-state index contributed by atoms with van der Waals surface area (Å²) in [7, 11) is 1.32. The Labute approximate surface area is 193 Å². The number of hydrogen-bond acceptors (Lipinski definition) is 8. The number of carbonyl (C=O) groups excluding carboxylic acids is 2. The molecule has 0 atom stereocenters. The molecule has 9 heteroatoms. The van der Waals surface area contributed by atoms with Crippen LogP contribution in [0.1, 0.15) is 26.3 Å². The number of esters is 1. The molecule has 0 aliphatic carbocycles. The van der Waals surface area contributed by atoms with Crippen LogP contribution >= 0.6 is 11.3 Å². The maximum Gasteiger partial charge on any atom is 0.337 e. The van der Waals surface area contributed by atoms with Crippen molar-refractivity contribution >= 4 is 38.6 Å². The summed E-state index contributed by atoms with van der Waals surface area (Å²) in [6, 6.07) is 13.8. The SMILES string of the molecule is COC(=O)c1ccc(C(=O)N(Cc2cccnc2)c2nc3cc4c(cc3s2)OCCO4)cc1. The van der Waals surface area contributed by atoms with Crippen molar-refractivity contribution in [1.29, 1.82) is 0 Å². The Morgan fingerprint density at radius 2 is 1.79 bits per heavy atom. The Bertz CT molecular complexity index is 1280. The first-order valence-corrected chi connectivity index (χ1v) is 11.0. The van der Waals surface area contributed by atoms with E-state index in [4.69, 9.17) is 19.2 Å². The standard InChI is InChI=1S/C24H19N3O5S/c1-30-23(29)17-6-4-16(5-7-17)22(28)27(14-15-3-2-8-25-13-15)24-26-18-11-19-20(12-21(18)33-24)32-10-9-31-19/h2-8,11-13H,9-10,14H2,1H3. The summed E-state index contributed by atoms with van der Waals surface area (Å²) in [6.07, 6.45) is 3.40. The summed E-state index contributed by atoms with van der Waals surface area (Å²) in [4.78, 5) is 35.8. The van der Waals surface area contributed by atoms with Crippen LogP contribution in [-0.2, 0) is 11.3 Å². The summed E-state index contributed by atoms with van der Waals surface area (Å²) < 4.78 is 17.0. The number of aromatic nitrogens is 2. The van der Waals surface area contributed by atoms with Gasteiger partial charge in [0.25, 0.3) is 5.91 Å². The molecule has 1 aliphatic rings. The Kier molecular flexibility index (Phi) is 5.62. The van der Waals surface area contributed by atoms with E-state index in [0.29, 0.717) is 41.0 Å². The van der Waals surface area contributed by atoms with Crippen molar-refractivity contribution in [2.45, 2.75) is 6.54 Å². The highest BCUT2D eigenvalue weighted by molar-refractivity contribution is 7.22. The molecule has 166 valence electrons. The molecule has 0 spiro atoms. The van der Waals surface area contributed by atoms with Gasteiger partial charge in [0.2, 0.25) is 0 Å². The van der Waals surface area contributed by atoms with Gasteiger partial charge in [-0.3, -0.25) is 14.7 Å². The number of rotatable bonds is 5. The van der Waals surface area contributed by atoms with Gasteiger partial charge in [-0.25, -0.2) is 9.78 Å². The molecule has 0 bridgehead atoms. The summed E-state index contributed by atoms with van der Waals surface area (Å²) >= 11 is 1.40. The fraction of sp³-hybridized carbons (Fsp3) is 0.167. The molecule has 1 aliphatic heterocycles. The Hall–Kier alpha value is -3.98. The third-order valence-electron chi connectivity index (χ3n) is 5.13. The zero-order valence-corrected chi connectivity index (χ0v) is 18.5. The number of carbonyl (C=O) groups is 2. The second-order valence-corrected chi connectivity index (χ2v) is 8.29. The Morgan fingerprint density at radius 3 is 2.48 bits per heavy atom. The van der Waals surface area contributed by atoms with E-state index in [1.807, 2.05) is 24.3 Å². The van der Waals surface area contributed by atoms with Crippen molar-refractivity contribution in [2.24, 2.45) is 0 Å². The normalized spacial score (nSPS) is 12.4. The molecule has 0 N–H and O–H groups in total. The van der Waals surface area contributed by atoms with Gasteiger partial charge in [-0.15, -0.1) is 0 Å². The number of benzene rings is 2. The van der Waals surface area contributed by atoms with Crippen LogP contribution in [-0.4, -0.2) is 42.2 Å². The number of amides is 1. The lowest BCUT2D eigenvalue weighted by Gasteiger charge is -2.20. The second kappa shape index (κ2) is 8.87. The van der Waals surface area contributed by atoms with Crippen LogP contribution < -0.4 is 14.4 Å². The number of pyridine rings is 1. The first kappa shape index (κ1) is 20.9. The minimum atomic E-state index is -0.458. The van der Waals surface area contributed by atoms with E-state index in [0.717, 1.165) is 15.8 Å². The van der Waals surface area contributed by atoms with Gasteiger partial charge in [-0.1, -0.05) is 17.4 Å². The van der Waals surface area contributed by atoms with E-state index >= 15 is 0 Å². The highest BCUT2D eigenvalue weighted by atomic mass is 32.1. The van der Waals surface area contributed by atoms with Crippen molar-refractivity contribution in [3.8, 4) is 11.5 Å². The highest BCUT2D eigenvalue weighted by Gasteiger charge is 2.24. The lowest BCUT2D eigenvalue weighted by molar-refractivity contribution is 0.0600. The maximum absolute atomic E-state index is 13.5. The predicted molar refractivity (Wildman–Crippen MR) is 123 cm³/mol. The van der Waals surface area contributed by atoms with Crippen LogP contribution in [0.4, 0.5) is 5.13 Å². The van der Waals surface area contributed by atoms with Crippen LogP contribution in [0.2, 0.25) is 0 Å². The molecule has 2 aromatic heterocycles. The van der Waals surface area contributed by atoms with Gasteiger partial charge in [-0.2, -0.15) is 0 Å². The van der Waals surface area contributed by atoms with Crippen LogP contribution in [0.15, 0.2) is 60.9 Å². The Balaban J connectivity index is 1.53. The smallest absolute Gasteiger partial charge is 0.337 e. The largest absolute Gasteiger partial charge is 0.486 e. The molecular weight excluding hydrogens is 442 g/mol. The number of anilines is 1. The summed E-state index contributed by atoms with van der Waals surface area (Å²) in [5.74, 6) is 0.619. The van der Waals surface area contributed by atoms with Crippen molar-refractivity contribution < 1.29 is 23.8 Å². The number of thiazole rings is 1. The van der Waals surface area contributed by atoms with Gasteiger partial charge in [-0.05, 0) is 35.9 Å². The number of fused-ring (bicyclic) bond motifs is 2. The maximum atomic E-state index is 13.5. The van der Waals surface area contributed by atoms with Crippen LogP contribution in [0.25, 0.3) is 10.2 Å². The topological polar surface area (TPSA) is 90.9 Å². The van der Waals surface area contributed by atoms with Crippen molar-refractivity contribution in [3.63, 3.8) is 0 Å². The molecule has 0 fully saturated rings. The number of hydrogen-bond donors (Lipinski definition) is 0. The average molecular weight is 461 g/mol. The van der Waals surface area contributed by atoms with Crippen molar-refractivity contribution in [1.82, 2.24) is 9.97 Å². The first-order chi connectivity index (χ1) is 16.1. The van der Waals surface area contributed by atoms with Gasteiger partial charge in [0.05, 0.1) is 29.4 Å². The molecule has 2 aromatic carbocycles. The van der Waals surface area contributed by atoms with Crippen LogP contribution in [0.3, 0.4) is 0 Å². The van der Waals surface area contributed by atoms with E-state index in [9.17, 15) is 9.59 Å². The quantitative estimate of drug-likeness (QED) is 0.413. The molecule has 5 rings (SSSR count). The summed E-state index contributed by atoms with van der Waals surface area (Å²) in [5.41, 5.74) is 2.39. The lowest BCUT2D eigenvalue weighted by Crippen LogP contribution is -2.30. The third kappa shape index (κ3) is 4.22. The van der Waals surface area contributed by atoms with E-state index in [-0.39, 0.29) is 12.5 Å². The van der Waals surface area contributed by atoms with E-state index in [2.05, 4.69) is 4.98 Å². The predicted octanol–water partition coefficient (Wildman–Crippen LogP) is 4.10. The number of ether oxygens (including phenoxy) is 3. The van der Waals surface area contributed by atoms with Gasteiger partial charge < -0.3 is 14.2 Å². The molecule has 0 saturated heterocycles. The monoisotopic (exact) mass is 461 g/mol. The number of nitrogens with zero attached hydrogens (tertiary/aromatic N) is 3. The minimum absolute atomic E-state index is 0.244. The van der Waals surface area contributed by atoms with E-state index in [1.54, 1.807) is 41.6 Å².